The number of hydrogen-bond donors (Lipinski definition) is 2. The molecule has 2 N–H and O–H groups in total. The zero-order chi connectivity index (χ0) is 16.7. The number of carbonyl (C=O) groups is 1. The maximum atomic E-state index is 12.1. The van der Waals surface area contributed by atoms with Gasteiger partial charge in [0, 0.05) is 29.3 Å². The van der Waals surface area contributed by atoms with Crippen LogP contribution in [0.2, 0.25) is 0 Å². The molecule has 2 rings (SSSR count). The number of likely N-dealkylation sites (N-methyl/N-ethyl adjacent to an activating group) is 1. The van der Waals surface area contributed by atoms with E-state index in [2.05, 4.69) is 48.7 Å². The summed E-state index contributed by atoms with van der Waals surface area (Å²) in [5.41, 5.74) is 4.45. The normalized spacial score (nSPS) is 10.6. The number of aryl methyl sites for hydroxylation is 2. The number of thioether (sulfide) groups is 1. The van der Waals surface area contributed by atoms with Crippen LogP contribution in [0.1, 0.15) is 27.0 Å². The standard InChI is InChI=1S/C19H24N2OS/c1-14-7-8-15(2)18(11-14)23-13-16-5-4-6-17(12-16)19(22)21-10-9-20-3/h4-8,11-12,20H,9-10,13H2,1-3H3,(H,21,22). The Labute approximate surface area is 142 Å². The molecule has 0 spiro atoms. The van der Waals surface area contributed by atoms with Crippen LogP contribution in [0, 0.1) is 13.8 Å². The van der Waals surface area contributed by atoms with E-state index in [0.717, 1.165) is 23.4 Å². The van der Waals surface area contributed by atoms with E-state index in [1.165, 1.54) is 16.0 Å². The average molecular weight is 328 g/mol. The fourth-order valence-corrected chi connectivity index (χ4v) is 3.30. The smallest absolute Gasteiger partial charge is 0.251 e. The fourth-order valence-electron chi connectivity index (χ4n) is 2.23. The van der Waals surface area contributed by atoms with Gasteiger partial charge in [0.15, 0.2) is 0 Å². The molecule has 0 radical (unpaired) electrons. The van der Waals surface area contributed by atoms with Crippen LogP contribution in [-0.2, 0) is 5.75 Å². The zero-order valence-corrected chi connectivity index (χ0v) is 14.8. The first kappa shape index (κ1) is 17.6. The fraction of sp³-hybridized carbons (Fsp3) is 0.316. The summed E-state index contributed by atoms with van der Waals surface area (Å²) < 4.78 is 0. The van der Waals surface area contributed by atoms with Gasteiger partial charge >= 0.3 is 0 Å². The van der Waals surface area contributed by atoms with Gasteiger partial charge in [-0.15, -0.1) is 11.8 Å². The molecule has 4 heteroatoms. The van der Waals surface area contributed by atoms with Crippen molar-refractivity contribution in [3.8, 4) is 0 Å². The van der Waals surface area contributed by atoms with Crippen LogP contribution in [-0.4, -0.2) is 26.0 Å². The Hall–Kier alpha value is -1.78. The predicted molar refractivity (Wildman–Crippen MR) is 98.2 cm³/mol. The maximum Gasteiger partial charge on any atom is 0.251 e. The van der Waals surface area contributed by atoms with Crippen molar-refractivity contribution in [3.05, 3.63) is 64.7 Å². The van der Waals surface area contributed by atoms with E-state index < -0.39 is 0 Å². The topological polar surface area (TPSA) is 41.1 Å². The molecule has 0 fully saturated rings. The molecule has 0 bridgehead atoms. The minimum atomic E-state index is -0.0150. The first-order valence-corrected chi connectivity index (χ1v) is 8.80. The van der Waals surface area contributed by atoms with Crippen LogP contribution in [0.4, 0.5) is 0 Å². The number of rotatable bonds is 7. The lowest BCUT2D eigenvalue weighted by Crippen LogP contribution is -2.30. The largest absolute Gasteiger partial charge is 0.351 e. The minimum Gasteiger partial charge on any atom is -0.351 e. The zero-order valence-electron chi connectivity index (χ0n) is 14.0. The third kappa shape index (κ3) is 5.41. The Morgan fingerprint density at radius 1 is 1.09 bits per heavy atom. The molecular weight excluding hydrogens is 304 g/mol. The van der Waals surface area contributed by atoms with Gasteiger partial charge in [-0.25, -0.2) is 0 Å². The van der Waals surface area contributed by atoms with Crippen molar-refractivity contribution in [3.63, 3.8) is 0 Å². The van der Waals surface area contributed by atoms with Gasteiger partial charge in [0.2, 0.25) is 0 Å². The highest BCUT2D eigenvalue weighted by atomic mass is 32.2. The Kier molecular flexibility index (Phi) is 6.68. The summed E-state index contributed by atoms with van der Waals surface area (Å²) in [6.07, 6.45) is 0. The van der Waals surface area contributed by atoms with Crippen molar-refractivity contribution in [2.24, 2.45) is 0 Å². The summed E-state index contributed by atoms with van der Waals surface area (Å²) in [7, 11) is 1.87. The Morgan fingerprint density at radius 3 is 2.70 bits per heavy atom. The number of benzene rings is 2. The lowest BCUT2D eigenvalue weighted by Gasteiger charge is -2.09. The summed E-state index contributed by atoms with van der Waals surface area (Å²) >= 11 is 1.81. The van der Waals surface area contributed by atoms with Crippen molar-refractivity contribution < 1.29 is 4.79 Å². The molecule has 0 atom stereocenters. The van der Waals surface area contributed by atoms with E-state index in [0.29, 0.717) is 6.54 Å². The monoisotopic (exact) mass is 328 g/mol. The van der Waals surface area contributed by atoms with Crippen LogP contribution < -0.4 is 10.6 Å². The predicted octanol–water partition coefficient (Wildman–Crippen LogP) is 3.54. The van der Waals surface area contributed by atoms with Crippen molar-refractivity contribution in [2.45, 2.75) is 24.5 Å². The quantitative estimate of drug-likeness (QED) is 0.603. The van der Waals surface area contributed by atoms with E-state index in [1.807, 2.05) is 37.0 Å². The van der Waals surface area contributed by atoms with Crippen molar-refractivity contribution in [1.82, 2.24) is 10.6 Å². The van der Waals surface area contributed by atoms with Crippen molar-refractivity contribution >= 4 is 17.7 Å². The molecule has 0 aliphatic rings. The third-order valence-electron chi connectivity index (χ3n) is 3.59. The first-order valence-electron chi connectivity index (χ1n) is 7.82. The molecule has 0 saturated carbocycles. The minimum absolute atomic E-state index is 0.0150. The molecule has 23 heavy (non-hydrogen) atoms. The van der Waals surface area contributed by atoms with E-state index in [1.54, 1.807) is 0 Å². The molecule has 0 aromatic heterocycles. The van der Waals surface area contributed by atoms with Crippen molar-refractivity contribution in [2.75, 3.05) is 20.1 Å². The second-order valence-corrected chi connectivity index (χ2v) is 6.63. The van der Waals surface area contributed by atoms with Crippen molar-refractivity contribution in [1.29, 1.82) is 0 Å². The van der Waals surface area contributed by atoms with Gasteiger partial charge in [0.05, 0.1) is 0 Å². The molecule has 2 aromatic rings. The first-order chi connectivity index (χ1) is 11.1. The second kappa shape index (κ2) is 8.75. The van der Waals surface area contributed by atoms with Gasteiger partial charge in [0.1, 0.15) is 0 Å². The summed E-state index contributed by atoms with van der Waals surface area (Å²) in [6, 6.07) is 14.4. The summed E-state index contributed by atoms with van der Waals surface area (Å²) in [5.74, 6) is 0.848. The molecule has 0 unspecified atom stereocenters. The summed E-state index contributed by atoms with van der Waals surface area (Å²) in [5, 5.41) is 5.93. The highest BCUT2D eigenvalue weighted by Crippen LogP contribution is 2.27. The average Bonchev–Trinajstić information content (AvgIpc) is 2.56. The lowest BCUT2D eigenvalue weighted by atomic mass is 10.1. The van der Waals surface area contributed by atoms with Crippen LogP contribution in [0.5, 0.6) is 0 Å². The van der Waals surface area contributed by atoms with Gasteiger partial charge < -0.3 is 10.6 Å². The maximum absolute atomic E-state index is 12.1. The molecule has 0 saturated heterocycles. The Morgan fingerprint density at radius 2 is 1.91 bits per heavy atom. The molecule has 3 nitrogen and oxygen atoms in total. The number of carbonyl (C=O) groups excluding carboxylic acids is 1. The molecule has 122 valence electrons. The lowest BCUT2D eigenvalue weighted by molar-refractivity contribution is 0.0954. The van der Waals surface area contributed by atoms with Crippen LogP contribution in [0.25, 0.3) is 0 Å². The number of amides is 1. The van der Waals surface area contributed by atoms with Gasteiger partial charge in [-0.1, -0.05) is 29.8 Å². The van der Waals surface area contributed by atoms with E-state index in [4.69, 9.17) is 0 Å². The van der Waals surface area contributed by atoms with Gasteiger partial charge in [-0.2, -0.15) is 0 Å². The van der Waals surface area contributed by atoms with Crippen LogP contribution in [0.3, 0.4) is 0 Å². The molecule has 0 aliphatic heterocycles. The highest BCUT2D eigenvalue weighted by molar-refractivity contribution is 7.98. The molecule has 1 amide bonds. The summed E-state index contributed by atoms with van der Waals surface area (Å²) in [6.45, 7) is 5.65. The summed E-state index contributed by atoms with van der Waals surface area (Å²) in [4.78, 5) is 13.4. The highest BCUT2D eigenvalue weighted by Gasteiger charge is 2.06. The van der Waals surface area contributed by atoms with E-state index >= 15 is 0 Å². The number of hydrogen-bond acceptors (Lipinski definition) is 3. The third-order valence-corrected chi connectivity index (χ3v) is 4.82. The van der Waals surface area contributed by atoms with Crippen LogP contribution in [0.15, 0.2) is 47.4 Å². The second-order valence-electron chi connectivity index (χ2n) is 5.62. The number of nitrogens with one attached hydrogen (secondary N) is 2. The van der Waals surface area contributed by atoms with E-state index in [9.17, 15) is 4.79 Å². The SMILES string of the molecule is CNCCNC(=O)c1cccc(CSc2cc(C)ccc2C)c1. The van der Waals surface area contributed by atoms with Gasteiger partial charge in [-0.3, -0.25) is 4.79 Å². The van der Waals surface area contributed by atoms with Crippen LogP contribution >= 0.6 is 11.8 Å². The van der Waals surface area contributed by atoms with Gasteiger partial charge in [0.25, 0.3) is 5.91 Å². The van der Waals surface area contributed by atoms with Gasteiger partial charge in [-0.05, 0) is 50.2 Å². The Balaban J connectivity index is 1.99. The van der Waals surface area contributed by atoms with E-state index in [-0.39, 0.29) is 5.91 Å². The molecule has 2 aromatic carbocycles. The molecule has 0 aliphatic carbocycles. The molecular formula is C19H24N2OS. The molecule has 0 heterocycles. The Bertz CT molecular complexity index is 670.